The van der Waals surface area contributed by atoms with Gasteiger partial charge in [-0.15, -0.1) is 0 Å². The van der Waals surface area contributed by atoms with Crippen LogP contribution >= 0.6 is 0 Å². The van der Waals surface area contributed by atoms with Crippen molar-refractivity contribution in [3.8, 4) is 0 Å². The van der Waals surface area contributed by atoms with Crippen molar-refractivity contribution in [2.45, 2.75) is 58.4 Å². The maximum Gasteiger partial charge on any atom is 0.152 e. The second-order valence-electron chi connectivity index (χ2n) is 5.62. The van der Waals surface area contributed by atoms with Crippen LogP contribution in [0.15, 0.2) is 0 Å². The van der Waals surface area contributed by atoms with E-state index in [1.807, 2.05) is 0 Å². The summed E-state index contributed by atoms with van der Waals surface area (Å²) in [5, 5.41) is 4.63. The predicted octanol–water partition coefficient (Wildman–Crippen LogP) is 2.12. The zero-order valence-electron chi connectivity index (χ0n) is 12.4. The molecule has 0 amide bonds. The minimum Gasteiger partial charge on any atom is -0.384 e. The van der Waals surface area contributed by atoms with Gasteiger partial charge in [0.2, 0.25) is 0 Å². The highest BCUT2D eigenvalue weighted by Crippen LogP contribution is 2.29. The molecule has 1 aliphatic heterocycles. The van der Waals surface area contributed by atoms with Gasteiger partial charge in [0.05, 0.1) is 23.2 Å². The van der Waals surface area contributed by atoms with Crippen molar-refractivity contribution in [1.29, 1.82) is 0 Å². The molecule has 0 aliphatic carbocycles. The average Bonchev–Trinajstić information content (AvgIpc) is 2.90. The van der Waals surface area contributed by atoms with E-state index in [2.05, 4.69) is 18.9 Å². The SMILES string of the molecule is CCCCCc1nn(C2CCS(=O)(=O)C2)c(N)c1CC. The Balaban J connectivity index is 2.22. The molecule has 1 aromatic heterocycles. The molecule has 0 spiro atoms. The molecule has 6 heteroatoms. The predicted molar refractivity (Wildman–Crippen MR) is 81.6 cm³/mol. The van der Waals surface area contributed by atoms with E-state index < -0.39 is 9.84 Å². The van der Waals surface area contributed by atoms with Crippen molar-refractivity contribution < 1.29 is 8.42 Å². The van der Waals surface area contributed by atoms with Gasteiger partial charge in [0.15, 0.2) is 9.84 Å². The second kappa shape index (κ2) is 6.16. The Bertz CT molecular complexity index is 563. The third-order valence-electron chi connectivity index (χ3n) is 4.06. The number of sulfone groups is 1. The van der Waals surface area contributed by atoms with Crippen LogP contribution in [0.3, 0.4) is 0 Å². The summed E-state index contributed by atoms with van der Waals surface area (Å²) in [5.74, 6) is 1.10. The highest BCUT2D eigenvalue weighted by atomic mass is 32.2. The van der Waals surface area contributed by atoms with E-state index in [0.29, 0.717) is 12.2 Å². The summed E-state index contributed by atoms with van der Waals surface area (Å²) in [4.78, 5) is 0. The molecule has 5 nitrogen and oxygen atoms in total. The molecule has 0 saturated carbocycles. The van der Waals surface area contributed by atoms with Crippen molar-refractivity contribution in [3.63, 3.8) is 0 Å². The lowest BCUT2D eigenvalue weighted by Crippen LogP contribution is -2.15. The highest BCUT2D eigenvalue weighted by molar-refractivity contribution is 7.91. The lowest BCUT2D eigenvalue weighted by Gasteiger charge is -2.10. The number of rotatable bonds is 6. The van der Waals surface area contributed by atoms with Gasteiger partial charge in [-0.3, -0.25) is 0 Å². The molecule has 0 radical (unpaired) electrons. The van der Waals surface area contributed by atoms with Crippen molar-refractivity contribution in [2.24, 2.45) is 0 Å². The molecule has 2 rings (SSSR count). The smallest absolute Gasteiger partial charge is 0.152 e. The van der Waals surface area contributed by atoms with Gasteiger partial charge in [-0.2, -0.15) is 5.10 Å². The Kier molecular flexibility index (Phi) is 4.73. The van der Waals surface area contributed by atoms with Crippen LogP contribution in [0.4, 0.5) is 5.82 Å². The maximum absolute atomic E-state index is 11.6. The molecular formula is C14H25N3O2S. The number of hydrogen-bond acceptors (Lipinski definition) is 4. The Labute approximate surface area is 121 Å². The summed E-state index contributed by atoms with van der Waals surface area (Å²) in [5.41, 5.74) is 8.35. The number of hydrogen-bond donors (Lipinski definition) is 1. The zero-order valence-corrected chi connectivity index (χ0v) is 13.2. The first kappa shape index (κ1) is 15.4. The molecule has 1 saturated heterocycles. The van der Waals surface area contributed by atoms with Crippen LogP contribution in [0, 0.1) is 0 Å². The number of anilines is 1. The first-order valence-electron chi connectivity index (χ1n) is 7.54. The number of aromatic nitrogens is 2. The first-order chi connectivity index (χ1) is 9.48. The van der Waals surface area contributed by atoms with Crippen LogP contribution in [0.25, 0.3) is 0 Å². The van der Waals surface area contributed by atoms with Gasteiger partial charge in [-0.25, -0.2) is 13.1 Å². The number of nitrogens with zero attached hydrogens (tertiary/aromatic N) is 2. The quantitative estimate of drug-likeness (QED) is 0.816. The van der Waals surface area contributed by atoms with E-state index in [9.17, 15) is 8.42 Å². The standard InChI is InChI=1S/C14H25N3O2S/c1-3-5-6-7-13-12(4-2)14(15)17(16-13)11-8-9-20(18,19)10-11/h11H,3-10,15H2,1-2H3. The van der Waals surface area contributed by atoms with Crippen LogP contribution < -0.4 is 5.73 Å². The summed E-state index contributed by atoms with van der Waals surface area (Å²) >= 11 is 0. The zero-order chi connectivity index (χ0) is 14.8. The summed E-state index contributed by atoms with van der Waals surface area (Å²) < 4.78 is 25.0. The van der Waals surface area contributed by atoms with Crippen LogP contribution in [-0.2, 0) is 22.7 Å². The van der Waals surface area contributed by atoms with Crippen LogP contribution in [-0.4, -0.2) is 29.7 Å². The number of unbranched alkanes of at least 4 members (excludes halogenated alkanes) is 2. The van der Waals surface area contributed by atoms with Crippen molar-refractivity contribution in [2.75, 3.05) is 17.2 Å². The number of nitrogen functional groups attached to an aromatic ring is 1. The van der Waals surface area contributed by atoms with E-state index >= 15 is 0 Å². The molecular weight excluding hydrogens is 274 g/mol. The van der Waals surface area contributed by atoms with E-state index in [0.717, 1.165) is 30.5 Å². The molecule has 2 heterocycles. The van der Waals surface area contributed by atoms with Gasteiger partial charge < -0.3 is 5.73 Å². The average molecular weight is 299 g/mol. The third kappa shape index (κ3) is 3.16. The topological polar surface area (TPSA) is 78.0 Å². The van der Waals surface area contributed by atoms with Crippen molar-refractivity contribution in [1.82, 2.24) is 9.78 Å². The van der Waals surface area contributed by atoms with E-state index in [4.69, 9.17) is 5.73 Å². The molecule has 20 heavy (non-hydrogen) atoms. The number of aryl methyl sites for hydroxylation is 1. The molecule has 1 fully saturated rings. The van der Waals surface area contributed by atoms with Gasteiger partial charge in [-0.05, 0) is 25.7 Å². The minimum atomic E-state index is -2.91. The highest BCUT2D eigenvalue weighted by Gasteiger charge is 2.31. The molecule has 1 atom stereocenters. The Morgan fingerprint density at radius 1 is 1.35 bits per heavy atom. The van der Waals surface area contributed by atoms with Crippen LogP contribution in [0.5, 0.6) is 0 Å². The Morgan fingerprint density at radius 2 is 2.10 bits per heavy atom. The fraction of sp³-hybridized carbons (Fsp3) is 0.786. The molecule has 1 unspecified atom stereocenters. The van der Waals surface area contributed by atoms with E-state index in [1.165, 1.54) is 12.8 Å². The molecule has 2 N–H and O–H groups in total. The second-order valence-corrected chi connectivity index (χ2v) is 7.85. The lowest BCUT2D eigenvalue weighted by atomic mass is 10.1. The lowest BCUT2D eigenvalue weighted by molar-refractivity contribution is 0.500. The normalized spacial score (nSPS) is 21.4. The maximum atomic E-state index is 11.6. The monoisotopic (exact) mass is 299 g/mol. The van der Waals surface area contributed by atoms with Gasteiger partial charge in [-0.1, -0.05) is 26.7 Å². The van der Waals surface area contributed by atoms with Gasteiger partial charge in [0.25, 0.3) is 0 Å². The summed E-state index contributed by atoms with van der Waals surface area (Å²) in [6.45, 7) is 4.25. The summed E-state index contributed by atoms with van der Waals surface area (Å²) in [6.07, 6.45) is 5.90. The van der Waals surface area contributed by atoms with Crippen molar-refractivity contribution in [3.05, 3.63) is 11.3 Å². The largest absolute Gasteiger partial charge is 0.384 e. The fourth-order valence-corrected chi connectivity index (χ4v) is 4.60. The first-order valence-corrected chi connectivity index (χ1v) is 9.36. The van der Waals surface area contributed by atoms with Crippen molar-refractivity contribution >= 4 is 15.7 Å². The van der Waals surface area contributed by atoms with E-state index in [-0.39, 0.29) is 17.5 Å². The third-order valence-corrected chi connectivity index (χ3v) is 5.81. The molecule has 114 valence electrons. The molecule has 1 aliphatic rings. The van der Waals surface area contributed by atoms with Gasteiger partial charge in [0, 0.05) is 5.56 Å². The molecule has 1 aromatic rings. The molecule has 0 aromatic carbocycles. The fourth-order valence-electron chi connectivity index (χ4n) is 2.91. The van der Waals surface area contributed by atoms with Crippen LogP contribution in [0.1, 0.15) is 56.8 Å². The summed E-state index contributed by atoms with van der Waals surface area (Å²) in [7, 11) is -2.91. The summed E-state index contributed by atoms with van der Waals surface area (Å²) in [6, 6.07) is -0.0785. The Morgan fingerprint density at radius 3 is 2.65 bits per heavy atom. The minimum absolute atomic E-state index is 0.0785. The Hall–Kier alpha value is -1.04. The van der Waals surface area contributed by atoms with Crippen LogP contribution in [0.2, 0.25) is 0 Å². The number of nitrogens with two attached hydrogens (primary N) is 1. The van der Waals surface area contributed by atoms with Gasteiger partial charge in [0.1, 0.15) is 5.82 Å². The van der Waals surface area contributed by atoms with Gasteiger partial charge >= 0.3 is 0 Å². The van der Waals surface area contributed by atoms with E-state index in [1.54, 1.807) is 4.68 Å². The molecule has 0 bridgehead atoms.